The van der Waals surface area contributed by atoms with Crippen LogP contribution in [0.2, 0.25) is 0 Å². The van der Waals surface area contributed by atoms with Crippen molar-refractivity contribution in [3.63, 3.8) is 0 Å². The first-order valence-corrected chi connectivity index (χ1v) is 12.4. The Labute approximate surface area is 194 Å². The first-order chi connectivity index (χ1) is 15.3. The summed E-state index contributed by atoms with van der Waals surface area (Å²) in [5, 5.41) is 18.1. The molecule has 4 saturated carbocycles. The zero-order valence-corrected chi connectivity index (χ0v) is 19.5. The summed E-state index contributed by atoms with van der Waals surface area (Å²) in [5.74, 6) is 2.14. The van der Waals surface area contributed by atoms with Gasteiger partial charge in [0.15, 0.2) is 5.11 Å². The van der Waals surface area contributed by atoms with Crippen LogP contribution in [-0.4, -0.2) is 35.1 Å². The van der Waals surface area contributed by atoms with E-state index in [4.69, 9.17) is 12.2 Å². The van der Waals surface area contributed by atoms with Crippen LogP contribution in [0, 0.1) is 33.3 Å². The second-order valence-corrected chi connectivity index (χ2v) is 11.0. The highest BCUT2D eigenvalue weighted by Gasteiger charge is 2.53. The minimum absolute atomic E-state index is 0.0274. The van der Waals surface area contributed by atoms with Crippen molar-refractivity contribution in [2.75, 3.05) is 18.0 Å². The van der Waals surface area contributed by atoms with Crippen LogP contribution >= 0.6 is 12.2 Å². The van der Waals surface area contributed by atoms with Crippen LogP contribution in [0.5, 0.6) is 0 Å². The summed E-state index contributed by atoms with van der Waals surface area (Å²) in [6, 6.07) is 4.91. The first-order valence-electron chi connectivity index (χ1n) is 12.0. The highest BCUT2D eigenvalue weighted by Crippen LogP contribution is 2.61. The Balaban J connectivity index is 1.24. The van der Waals surface area contributed by atoms with Crippen LogP contribution in [0.1, 0.15) is 68.6 Å². The molecular weight excluding hydrogens is 424 g/mol. The summed E-state index contributed by atoms with van der Waals surface area (Å²) in [7, 11) is 0. The van der Waals surface area contributed by atoms with E-state index >= 15 is 0 Å². The molecule has 32 heavy (non-hydrogen) atoms. The third-order valence-electron chi connectivity index (χ3n) is 8.46. The Hall–Kier alpha value is -2.22. The molecule has 1 saturated heterocycles. The van der Waals surface area contributed by atoms with E-state index in [1.807, 2.05) is 4.90 Å². The molecule has 1 amide bonds. The van der Waals surface area contributed by atoms with Gasteiger partial charge < -0.3 is 10.2 Å². The molecule has 1 heterocycles. The fourth-order valence-corrected chi connectivity index (χ4v) is 7.57. The van der Waals surface area contributed by atoms with Crippen molar-refractivity contribution in [1.82, 2.24) is 10.6 Å². The van der Waals surface area contributed by atoms with Crippen LogP contribution in [0.4, 0.5) is 11.4 Å². The van der Waals surface area contributed by atoms with Gasteiger partial charge in [0.2, 0.25) is 0 Å². The van der Waals surface area contributed by atoms with Crippen LogP contribution in [0.15, 0.2) is 18.2 Å². The predicted molar refractivity (Wildman–Crippen MR) is 128 cm³/mol. The van der Waals surface area contributed by atoms with E-state index in [0.29, 0.717) is 10.8 Å². The van der Waals surface area contributed by atoms with Gasteiger partial charge in [0.1, 0.15) is 5.69 Å². The number of hydrogen-bond acceptors (Lipinski definition) is 5. The van der Waals surface area contributed by atoms with Gasteiger partial charge in [-0.15, -0.1) is 0 Å². The fourth-order valence-electron chi connectivity index (χ4n) is 7.31. The second kappa shape index (κ2) is 8.28. The predicted octanol–water partition coefficient (Wildman–Crippen LogP) is 4.40. The van der Waals surface area contributed by atoms with E-state index in [-0.39, 0.29) is 22.7 Å². The molecule has 0 spiro atoms. The molecule has 0 radical (unpaired) electrons. The van der Waals surface area contributed by atoms with Crippen molar-refractivity contribution in [1.29, 1.82) is 0 Å². The van der Waals surface area contributed by atoms with Gasteiger partial charge in [0, 0.05) is 30.8 Å². The summed E-state index contributed by atoms with van der Waals surface area (Å²) >= 11 is 5.47. The lowest BCUT2D eigenvalue weighted by Crippen LogP contribution is -2.57. The van der Waals surface area contributed by atoms with Crippen molar-refractivity contribution >= 4 is 34.6 Å². The SMILES string of the molecule is C[C@@H](NC(=S)NC(=O)c1ccc(N2CCCC2)c([N+](=O)[O-])c1)C12CC3CC(CC(C3)C1)C2. The monoisotopic (exact) mass is 456 g/mol. The molecule has 2 N–H and O–H groups in total. The number of nitrogens with one attached hydrogen (secondary N) is 2. The first kappa shape index (κ1) is 21.6. The Morgan fingerprint density at radius 1 is 1.16 bits per heavy atom. The molecule has 1 atom stereocenters. The normalized spacial score (nSPS) is 31.4. The Bertz CT molecular complexity index is 908. The molecule has 172 valence electrons. The van der Waals surface area contributed by atoms with Crippen LogP contribution in [0.25, 0.3) is 0 Å². The van der Waals surface area contributed by atoms with E-state index in [0.717, 1.165) is 43.7 Å². The minimum Gasteiger partial charge on any atom is -0.366 e. The molecule has 1 aromatic carbocycles. The maximum atomic E-state index is 12.8. The maximum absolute atomic E-state index is 12.8. The Morgan fingerprint density at radius 2 is 1.75 bits per heavy atom. The number of nitro groups is 1. The quantitative estimate of drug-likeness (QED) is 0.388. The van der Waals surface area contributed by atoms with E-state index in [1.165, 1.54) is 44.6 Å². The maximum Gasteiger partial charge on any atom is 0.293 e. The third-order valence-corrected chi connectivity index (χ3v) is 8.68. The molecule has 4 bridgehead atoms. The number of amides is 1. The van der Waals surface area contributed by atoms with Crippen LogP contribution in [-0.2, 0) is 0 Å². The number of nitro benzene ring substituents is 1. The fraction of sp³-hybridized carbons (Fsp3) is 0.667. The number of benzene rings is 1. The lowest BCUT2D eigenvalue weighted by atomic mass is 9.48. The molecule has 7 nitrogen and oxygen atoms in total. The zero-order valence-electron chi connectivity index (χ0n) is 18.6. The largest absolute Gasteiger partial charge is 0.366 e. The van der Waals surface area contributed by atoms with E-state index in [9.17, 15) is 14.9 Å². The van der Waals surface area contributed by atoms with Gasteiger partial charge in [-0.25, -0.2) is 0 Å². The van der Waals surface area contributed by atoms with Crippen LogP contribution in [0.3, 0.4) is 0 Å². The molecule has 4 aliphatic carbocycles. The van der Waals surface area contributed by atoms with Gasteiger partial charge in [-0.2, -0.15) is 0 Å². The van der Waals surface area contributed by atoms with Crippen molar-refractivity contribution in [3.05, 3.63) is 33.9 Å². The highest BCUT2D eigenvalue weighted by molar-refractivity contribution is 7.80. The van der Waals surface area contributed by atoms with Crippen molar-refractivity contribution in [3.8, 4) is 0 Å². The number of carbonyl (C=O) groups excluding carboxylic acids is 1. The smallest absolute Gasteiger partial charge is 0.293 e. The van der Waals surface area contributed by atoms with Gasteiger partial charge in [-0.1, -0.05) is 0 Å². The average molecular weight is 457 g/mol. The van der Waals surface area contributed by atoms with E-state index in [2.05, 4.69) is 17.6 Å². The summed E-state index contributed by atoms with van der Waals surface area (Å²) in [5.41, 5.74) is 1.09. The zero-order chi connectivity index (χ0) is 22.5. The van der Waals surface area contributed by atoms with Crippen molar-refractivity contribution in [2.24, 2.45) is 23.2 Å². The molecule has 5 fully saturated rings. The van der Waals surface area contributed by atoms with Gasteiger partial charge in [0.25, 0.3) is 11.6 Å². The summed E-state index contributed by atoms with van der Waals surface area (Å²) in [6.45, 7) is 3.81. The highest BCUT2D eigenvalue weighted by atomic mass is 32.1. The van der Waals surface area contributed by atoms with Gasteiger partial charge >= 0.3 is 0 Å². The van der Waals surface area contributed by atoms with Crippen molar-refractivity contribution in [2.45, 2.75) is 64.3 Å². The Kier molecular flexibility index (Phi) is 5.60. The number of hydrogen-bond donors (Lipinski definition) is 2. The number of anilines is 1. The summed E-state index contributed by atoms with van der Waals surface area (Å²) < 4.78 is 0. The lowest BCUT2D eigenvalue weighted by molar-refractivity contribution is -0.384. The number of thiocarbonyl (C=S) groups is 1. The van der Waals surface area contributed by atoms with Gasteiger partial charge in [-0.3, -0.25) is 20.2 Å². The molecule has 0 aromatic heterocycles. The number of nitrogens with zero attached hydrogens (tertiary/aromatic N) is 2. The van der Waals surface area contributed by atoms with E-state index < -0.39 is 10.8 Å². The van der Waals surface area contributed by atoms with Gasteiger partial charge in [0.05, 0.1) is 4.92 Å². The minimum atomic E-state index is -0.407. The average Bonchev–Trinajstić information content (AvgIpc) is 3.27. The molecule has 0 unspecified atom stereocenters. The third kappa shape index (κ3) is 3.98. The van der Waals surface area contributed by atoms with E-state index in [1.54, 1.807) is 12.1 Å². The number of carbonyl (C=O) groups is 1. The lowest BCUT2D eigenvalue weighted by Gasteiger charge is -2.59. The number of rotatable bonds is 5. The molecular formula is C24H32N4O3S. The standard InChI is InChI=1S/C24H32N4O3S/c1-15(24-12-16-8-17(13-24)10-18(9-16)14-24)25-23(32)26-22(29)19-4-5-20(21(11-19)28(30)31)27-6-2-3-7-27/h4-5,11,15-18H,2-3,6-10,12-14H2,1H3,(H2,25,26,29,32)/t15-,16?,17?,18?,24?/m1/s1. The van der Waals surface area contributed by atoms with Crippen molar-refractivity contribution < 1.29 is 9.72 Å². The molecule has 1 aliphatic heterocycles. The second-order valence-electron chi connectivity index (χ2n) is 10.6. The van der Waals surface area contributed by atoms with Crippen LogP contribution < -0.4 is 15.5 Å². The summed E-state index contributed by atoms with van der Waals surface area (Å²) in [4.78, 5) is 26.1. The molecule has 5 aliphatic rings. The molecule has 6 rings (SSSR count). The topological polar surface area (TPSA) is 87.5 Å². The van der Waals surface area contributed by atoms with Gasteiger partial charge in [-0.05, 0) is 106 Å². The molecule has 1 aromatic rings. The molecule has 8 heteroatoms. The summed E-state index contributed by atoms with van der Waals surface area (Å²) in [6.07, 6.45) is 10.00. The Morgan fingerprint density at radius 3 is 2.31 bits per heavy atom.